The van der Waals surface area contributed by atoms with Crippen molar-refractivity contribution >= 4 is 28.5 Å². The number of nitrogens with zero attached hydrogens (tertiary/aromatic N) is 4. The van der Waals surface area contributed by atoms with Crippen molar-refractivity contribution in [2.75, 3.05) is 6.54 Å². The summed E-state index contributed by atoms with van der Waals surface area (Å²) in [4.78, 5) is 19.1. The molecule has 1 aliphatic heterocycles. The van der Waals surface area contributed by atoms with Crippen molar-refractivity contribution in [2.24, 2.45) is 12.0 Å². The molecule has 0 atom stereocenters. The second-order valence-corrected chi connectivity index (χ2v) is 4.87. The Hall–Kier alpha value is -2.50. The van der Waals surface area contributed by atoms with Crippen molar-refractivity contribution < 1.29 is 4.92 Å². The highest BCUT2D eigenvalue weighted by Gasteiger charge is 2.21. The average molecular weight is 270 g/mol. The Morgan fingerprint density at radius 3 is 2.90 bits per heavy atom. The lowest BCUT2D eigenvalue weighted by atomic mass is 9.99. The molecule has 2 aromatic heterocycles. The minimum Gasteiger partial charge on any atom is -0.335 e. The Balaban J connectivity index is 2.32. The molecule has 6 nitrogen and oxygen atoms in total. The van der Waals surface area contributed by atoms with Crippen LogP contribution in [0.5, 0.6) is 0 Å². The van der Waals surface area contributed by atoms with Gasteiger partial charge in [-0.15, -0.1) is 0 Å². The molecule has 0 aliphatic carbocycles. The van der Waals surface area contributed by atoms with E-state index in [0.717, 1.165) is 35.1 Å². The predicted molar refractivity (Wildman–Crippen MR) is 78.1 cm³/mol. The molecule has 3 heterocycles. The van der Waals surface area contributed by atoms with Crippen LogP contribution in [0.15, 0.2) is 23.5 Å². The van der Waals surface area contributed by atoms with Crippen molar-refractivity contribution in [3.05, 3.63) is 39.7 Å². The third-order valence-electron chi connectivity index (χ3n) is 3.65. The van der Waals surface area contributed by atoms with Gasteiger partial charge in [-0.1, -0.05) is 0 Å². The zero-order chi connectivity index (χ0) is 14.3. The van der Waals surface area contributed by atoms with Crippen molar-refractivity contribution in [3.63, 3.8) is 0 Å². The molecule has 0 saturated heterocycles. The second kappa shape index (κ2) is 4.56. The van der Waals surface area contributed by atoms with Crippen molar-refractivity contribution in [1.29, 1.82) is 0 Å². The number of fused-ring (bicyclic) bond motifs is 1. The quantitative estimate of drug-likeness (QED) is 0.622. The number of dihydropyridines is 1. The van der Waals surface area contributed by atoms with Gasteiger partial charge in [-0.2, -0.15) is 0 Å². The van der Waals surface area contributed by atoms with Gasteiger partial charge in [0.1, 0.15) is 11.8 Å². The van der Waals surface area contributed by atoms with Gasteiger partial charge < -0.3 is 4.57 Å². The summed E-state index contributed by atoms with van der Waals surface area (Å²) in [6, 6.07) is 0. The van der Waals surface area contributed by atoms with Gasteiger partial charge in [0.05, 0.1) is 4.92 Å². The van der Waals surface area contributed by atoms with E-state index in [1.165, 1.54) is 6.20 Å². The number of nitro groups is 1. The Bertz CT molecular complexity index is 771. The van der Waals surface area contributed by atoms with Crippen LogP contribution in [0.25, 0.3) is 16.6 Å². The lowest BCUT2D eigenvalue weighted by molar-refractivity contribution is -0.385. The van der Waals surface area contributed by atoms with Gasteiger partial charge in [0.2, 0.25) is 0 Å². The lowest BCUT2D eigenvalue weighted by Crippen LogP contribution is -1.97. The van der Waals surface area contributed by atoms with Gasteiger partial charge in [0, 0.05) is 42.5 Å². The smallest absolute Gasteiger partial charge is 0.291 e. The molecule has 102 valence electrons. The number of aliphatic imine (C=N–C) groups is 1. The molecule has 6 heteroatoms. The van der Waals surface area contributed by atoms with Crippen molar-refractivity contribution in [1.82, 2.24) is 9.55 Å². The molecule has 0 amide bonds. The molecule has 20 heavy (non-hydrogen) atoms. The van der Waals surface area contributed by atoms with Crippen LogP contribution in [-0.4, -0.2) is 27.2 Å². The molecular formula is C14H14N4O2. The van der Waals surface area contributed by atoms with Gasteiger partial charge in [0.15, 0.2) is 0 Å². The molecule has 0 unspecified atom stereocenters. The van der Waals surface area contributed by atoms with Crippen LogP contribution in [0.4, 0.5) is 5.69 Å². The minimum absolute atomic E-state index is 0.0648. The zero-order valence-electron chi connectivity index (χ0n) is 11.3. The number of allylic oxidation sites excluding steroid dienone is 1. The second-order valence-electron chi connectivity index (χ2n) is 4.87. The molecule has 0 aromatic carbocycles. The number of hydrogen-bond acceptors (Lipinski definition) is 4. The van der Waals surface area contributed by atoms with E-state index in [1.54, 1.807) is 13.1 Å². The summed E-state index contributed by atoms with van der Waals surface area (Å²) in [5.74, 6) is 0. The fourth-order valence-corrected chi connectivity index (χ4v) is 2.63. The normalized spacial score (nSPS) is 14.6. The van der Waals surface area contributed by atoms with Crippen LogP contribution in [0, 0.1) is 17.0 Å². The summed E-state index contributed by atoms with van der Waals surface area (Å²) in [7, 11) is 1.90. The van der Waals surface area contributed by atoms with Crippen LogP contribution in [0.1, 0.15) is 17.5 Å². The molecule has 0 bridgehead atoms. The molecule has 0 spiro atoms. The van der Waals surface area contributed by atoms with E-state index in [2.05, 4.69) is 9.98 Å². The predicted octanol–water partition coefficient (Wildman–Crippen LogP) is 2.65. The van der Waals surface area contributed by atoms with Gasteiger partial charge in [-0.25, -0.2) is 4.98 Å². The van der Waals surface area contributed by atoms with Gasteiger partial charge in [0.25, 0.3) is 5.69 Å². The maximum Gasteiger partial charge on any atom is 0.291 e. The summed E-state index contributed by atoms with van der Waals surface area (Å²) in [5, 5.41) is 11.9. The molecule has 0 radical (unpaired) electrons. The summed E-state index contributed by atoms with van der Waals surface area (Å²) in [6.07, 6.45) is 7.92. The topological polar surface area (TPSA) is 73.3 Å². The molecule has 0 saturated carbocycles. The van der Waals surface area contributed by atoms with Crippen molar-refractivity contribution in [2.45, 2.75) is 13.3 Å². The van der Waals surface area contributed by atoms with E-state index in [-0.39, 0.29) is 10.6 Å². The number of pyridine rings is 1. The van der Waals surface area contributed by atoms with E-state index in [1.807, 2.05) is 23.9 Å². The van der Waals surface area contributed by atoms with Crippen LogP contribution in [0.2, 0.25) is 0 Å². The van der Waals surface area contributed by atoms with Crippen LogP contribution in [0.3, 0.4) is 0 Å². The number of aryl methyl sites for hydroxylation is 2. The highest BCUT2D eigenvalue weighted by Crippen LogP contribution is 2.34. The molecule has 2 aromatic rings. The molecule has 3 rings (SSSR count). The molecule has 0 N–H and O–H groups in total. The highest BCUT2D eigenvalue weighted by molar-refractivity contribution is 5.98. The SMILES string of the molecule is Cc1c([N+](=O)[O-])cnc2c1c(C1=CC=NCC1)cn2C. The Labute approximate surface area is 115 Å². The Morgan fingerprint density at radius 2 is 2.25 bits per heavy atom. The maximum absolute atomic E-state index is 11.1. The Kier molecular flexibility index (Phi) is 2.85. The first kappa shape index (κ1) is 12.5. The number of hydrogen-bond donors (Lipinski definition) is 0. The van der Waals surface area contributed by atoms with E-state index in [4.69, 9.17) is 0 Å². The fourth-order valence-electron chi connectivity index (χ4n) is 2.63. The zero-order valence-corrected chi connectivity index (χ0v) is 11.3. The van der Waals surface area contributed by atoms with Gasteiger partial charge >= 0.3 is 0 Å². The van der Waals surface area contributed by atoms with Crippen molar-refractivity contribution in [3.8, 4) is 0 Å². The summed E-state index contributed by atoms with van der Waals surface area (Å²) in [5.41, 5.74) is 3.67. The third kappa shape index (κ3) is 1.80. The first-order valence-corrected chi connectivity index (χ1v) is 6.38. The molecule has 0 fully saturated rings. The number of aromatic nitrogens is 2. The van der Waals surface area contributed by atoms with E-state index >= 15 is 0 Å². The standard InChI is InChI=1S/C14H14N4O2/c1-9-12(18(19)20)7-16-14-13(9)11(8-17(14)2)10-3-5-15-6-4-10/h3,5,7-8H,4,6H2,1-2H3. The van der Waals surface area contributed by atoms with Crippen LogP contribution >= 0.6 is 0 Å². The Morgan fingerprint density at radius 1 is 1.45 bits per heavy atom. The first-order chi connectivity index (χ1) is 9.59. The third-order valence-corrected chi connectivity index (χ3v) is 3.65. The van der Waals surface area contributed by atoms with E-state index in [0.29, 0.717) is 5.56 Å². The summed E-state index contributed by atoms with van der Waals surface area (Å²) >= 11 is 0. The summed E-state index contributed by atoms with van der Waals surface area (Å²) < 4.78 is 1.91. The minimum atomic E-state index is -0.380. The average Bonchev–Trinajstić information content (AvgIpc) is 2.78. The first-order valence-electron chi connectivity index (χ1n) is 6.38. The van der Waals surface area contributed by atoms with Crippen LogP contribution in [-0.2, 0) is 7.05 Å². The largest absolute Gasteiger partial charge is 0.335 e. The monoisotopic (exact) mass is 270 g/mol. The van der Waals surface area contributed by atoms with E-state index in [9.17, 15) is 10.1 Å². The molecule has 1 aliphatic rings. The summed E-state index contributed by atoms with van der Waals surface area (Å²) in [6.45, 7) is 2.53. The molecular weight excluding hydrogens is 256 g/mol. The number of rotatable bonds is 2. The van der Waals surface area contributed by atoms with E-state index < -0.39 is 0 Å². The lowest BCUT2D eigenvalue weighted by Gasteiger charge is -2.08. The van der Waals surface area contributed by atoms with Gasteiger partial charge in [-0.3, -0.25) is 15.1 Å². The fraction of sp³-hybridized carbons (Fsp3) is 0.286. The maximum atomic E-state index is 11.1. The van der Waals surface area contributed by atoms with Gasteiger partial charge in [-0.05, 0) is 25.0 Å². The highest BCUT2D eigenvalue weighted by atomic mass is 16.6. The van der Waals surface area contributed by atoms with Crippen LogP contribution < -0.4 is 0 Å².